The molecular formula is C22H37F3N2O8S2. The lowest BCUT2D eigenvalue weighted by atomic mass is 9.92. The fourth-order valence-electron chi connectivity index (χ4n) is 1.79. The molecule has 4 N–H and O–H groups in total. The summed E-state index contributed by atoms with van der Waals surface area (Å²) in [5.41, 5.74) is -1.78. The minimum atomic E-state index is -4.67. The van der Waals surface area contributed by atoms with Crippen LogP contribution in [0.4, 0.5) is 13.2 Å². The molecule has 0 fully saturated rings. The summed E-state index contributed by atoms with van der Waals surface area (Å²) in [5, 5.41) is 25.7. The molecule has 2 atom stereocenters. The third-order valence-corrected chi connectivity index (χ3v) is 4.94. The standard InChI is InChI=1S/C11H14F3NOS.C9H15NO2.C2H6O.H2O4S/c1-3-7-17-9-8(11(12,13)14)5-6-15-10(9)16-4-2;1-4-12-6-5-9(3,11)8(2)7-10;1-2-3;1-5(2,3)4/h5-6H,3-4,7H2,1-2H3;5-6,8,11H,4H2,1-3H3;3H,2H2,1H3;(H2,1,2,3,4)/b;6-5+;;. The smallest absolute Gasteiger partial charge is 0.417 e. The van der Waals surface area contributed by atoms with Gasteiger partial charge in [0.1, 0.15) is 0 Å². The van der Waals surface area contributed by atoms with Crippen LogP contribution in [0.15, 0.2) is 29.5 Å². The molecule has 1 aromatic heterocycles. The largest absolute Gasteiger partial charge is 0.502 e. The number of aliphatic hydroxyl groups excluding tert-OH is 1. The fraction of sp³-hybridized carbons (Fsp3) is 0.636. The monoisotopic (exact) mass is 578 g/mol. The van der Waals surface area contributed by atoms with Gasteiger partial charge in [-0.25, -0.2) is 4.98 Å². The Balaban J connectivity index is -0.000000501. The molecule has 1 heterocycles. The molecule has 0 radical (unpaired) electrons. The van der Waals surface area contributed by atoms with Crippen molar-refractivity contribution < 1.29 is 50.4 Å². The topological polar surface area (TPSA) is 170 Å². The molecule has 0 amide bonds. The second-order valence-electron chi connectivity index (χ2n) is 6.87. The zero-order valence-corrected chi connectivity index (χ0v) is 23.3. The average Bonchev–Trinajstić information content (AvgIpc) is 2.77. The van der Waals surface area contributed by atoms with Crippen molar-refractivity contribution in [1.29, 1.82) is 5.26 Å². The maximum atomic E-state index is 12.8. The van der Waals surface area contributed by atoms with E-state index < -0.39 is 33.7 Å². The first kappa shape index (κ1) is 39.4. The van der Waals surface area contributed by atoms with E-state index in [-0.39, 0.29) is 17.4 Å². The lowest BCUT2D eigenvalue weighted by Gasteiger charge is -2.20. The van der Waals surface area contributed by atoms with Crippen molar-refractivity contribution in [2.24, 2.45) is 5.92 Å². The average molecular weight is 579 g/mol. The van der Waals surface area contributed by atoms with Crippen molar-refractivity contribution in [3.63, 3.8) is 0 Å². The number of hydrogen-bond donors (Lipinski definition) is 4. The van der Waals surface area contributed by atoms with Gasteiger partial charge in [-0.05, 0) is 58.9 Å². The molecule has 0 spiro atoms. The Hall–Kier alpha value is -2.09. The van der Waals surface area contributed by atoms with Gasteiger partial charge in [0.15, 0.2) is 0 Å². The normalized spacial score (nSPS) is 13.3. The number of nitrogens with zero attached hydrogens (tertiary/aromatic N) is 2. The number of rotatable bonds is 9. The molecule has 216 valence electrons. The van der Waals surface area contributed by atoms with Crippen LogP contribution in [0.3, 0.4) is 0 Å². The highest BCUT2D eigenvalue weighted by atomic mass is 32.3. The number of aromatic nitrogens is 1. The highest BCUT2D eigenvalue weighted by molar-refractivity contribution is 7.99. The van der Waals surface area contributed by atoms with E-state index in [0.717, 1.165) is 30.4 Å². The fourth-order valence-corrected chi connectivity index (χ4v) is 2.78. The molecule has 1 rings (SSSR count). The first-order valence-corrected chi connectivity index (χ1v) is 13.4. The van der Waals surface area contributed by atoms with Crippen LogP contribution in [-0.4, -0.2) is 63.9 Å². The van der Waals surface area contributed by atoms with Crippen LogP contribution in [0, 0.1) is 17.2 Å². The van der Waals surface area contributed by atoms with Crippen molar-refractivity contribution in [2.75, 3.05) is 25.6 Å². The molecule has 0 aliphatic rings. The van der Waals surface area contributed by atoms with E-state index in [0.29, 0.717) is 19.0 Å². The van der Waals surface area contributed by atoms with E-state index in [2.05, 4.69) is 4.98 Å². The third-order valence-electron chi connectivity index (χ3n) is 3.65. The molecule has 0 aliphatic carbocycles. The Kier molecular flexibility index (Phi) is 22.3. The number of nitriles is 1. The zero-order chi connectivity index (χ0) is 29.7. The van der Waals surface area contributed by atoms with Gasteiger partial charge in [-0.2, -0.15) is 26.9 Å². The van der Waals surface area contributed by atoms with E-state index in [9.17, 15) is 18.3 Å². The number of pyridine rings is 1. The van der Waals surface area contributed by atoms with Crippen molar-refractivity contribution in [3.05, 3.63) is 30.2 Å². The summed E-state index contributed by atoms with van der Waals surface area (Å²) in [6, 6.07) is 2.96. The second kappa shape index (κ2) is 20.9. The molecule has 1 aromatic rings. The van der Waals surface area contributed by atoms with E-state index >= 15 is 0 Å². The summed E-state index contributed by atoms with van der Waals surface area (Å²) in [6.45, 7) is 11.5. The van der Waals surface area contributed by atoms with Gasteiger partial charge < -0.3 is 19.7 Å². The number of ether oxygens (including phenoxy) is 2. The first-order valence-electron chi connectivity index (χ1n) is 11.0. The Bertz CT molecular complexity index is 898. The number of thioether (sulfide) groups is 1. The Labute approximate surface area is 221 Å². The van der Waals surface area contributed by atoms with E-state index in [1.54, 1.807) is 27.7 Å². The van der Waals surface area contributed by atoms with Crippen molar-refractivity contribution in [1.82, 2.24) is 4.98 Å². The van der Waals surface area contributed by atoms with Gasteiger partial charge in [0.2, 0.25) is 5.88 Å². The van der Waals surface area contributed by atoms with Crippen molar-refractivity contribution in [2.45, 2.75) is 64.6 Å². The number of halogens is 3. The minimum absolute atomic E-state index is 0.0702. The predicted molar refractivity (Wildman–Crippen MR) is 135 cm³/mol. The van der Waals surface area contributed by atoms with Crippen LogP contribution in [0.2, 0.25) is 0 Å². The molecular weight excluding hydrogens is 541 g/mol. The maximum absolute atomic E-state index is 12.8. The van der Waals surface area contributed by atoms with Crippen molar-refractivity contribution in [3.8, 4) is 11.9 Å². The van der Waals surface area contributed by atoms with Crippen molar-refractivity contribution >= 4 is 22.2 Å². The highest BCUT2D eigenvalue weighted by Crippen LogP contribution is 2.40. The Morgan fingerprint density at radius 2 is 1.73 bits per heavy atom. The summed E-state index contributed by atoms with van der Waals surface area (Å²) in [6.07, 6.45) is 0.468. The molecule has 0 saturated carbocycles. The van der Waals surface area contributed by atoms with Gasteiger partial charge in [0.25, 0.3) is 0 Å². The van der Waals surface area contributed by atoms with Crippen LogP contribution in [0.25, 0.3) is 0 Å². The summed E-state index contributed by atoms with van der Waals surface area (Å²) < 4.78 is 80.0. The minimum Gasteiger partial charge on any atom is -0.502 e. The van der Waals surface area contributed by atoms with Gasteiger partial charge in [0.05, 0.1) is 47.5 Å². The first-order chi connectivity index (χ1) is 17.0. The van der Waals surface area contributed by atoms with Gasteiger partial charge in [-0.3, -0.25) is 9.11 Å². The summed E-state index contributed by atoms with van der Waals surface area (Å²) in [7, 11) is -4.67. The Morgan fingerprint density at radius 1 is 1.22 bits per heavy atom. The van der Waals surface area contributed by atoms with Crippen LogP contribution in [-0.2, 0) is 21.3 Å². The van der Waals surface area contributed by atoms with E-state index in [4.69, 9.17) is 37.4 Å². The molecule has 37 heavy (non-hydrogen) atoms. The molecule has 0 bridgehead atoms. The number of hydrogen-bond acceptors (Lipinski definition) is 9. The summed E-state index contributed by atoms with van der Waals surface area (Å²) >= 11 is 1.13. The van der Waals surface area contributed by atoms with E-state index in [1.165, 1.54) is 12.3 Å². The predicted octanol–water partition coefficient (Wildman–Crippen LogP) is 4.79. The molecule has 15 heteroatoms. The van der Waals surface area contributed by atoms with Gasteiger partial charge in [-0.15, -0.1) is 11.8 Å². The quantitative estimate of drug-likeness (QED) is 0.180. The molecule has 0 aliphatic heterocycles. The maximum Gasteiger partial charge on any atom is 0.417 e. The molecule has 2 unspecified atom stereocenters. The summed E-state index contributed by atoms with van der Waals surface area (Å²) in [5.74, 6) is 0.240. The van der Waals surface area contributed by atoms with Gasteiger partial charge in [-0.1, -0.05) is 6.92 Å². The van der Waals surface area contributed by atoms with E-state index in [1.807, 2.05) is 19.9 Å². The number of aliphatic hydroxyl groups is 2. The SMILES string of the molecule is CCCSc1c(C(F)(F)F)ccnc1OCC.CCO.CCO/C=C/C(C)(O)C(C)C#N.O=S(=O)(O)O. The molecule has 0 aromatic carbocycles. The highest BCUT2D eigenvalue weighted by Gasteiger charge is 2.35. The second-order valence-corrected chi connectivity index (χ2v) is 8.87. The number of alkyl halides is 3. The van der Waals surface area contributed by atoms with Gasteiger partial charge in [0, 0.05) is 12.8 Å². The zero-order valence-electron chi connectivity index (χ0n) is 21.7. The van der Waals surface area contributed by atoms with Crippen LogP contribution >= 0.6 is 11.8 Å². The van der Waals surface area contributed by atoms with Gasteiger partial charge >= 0.3 is 16.6 Å². The van der Waals surface area contributed by atoms with Crippen LogP contribution in [0.5, 0.6) is 5.88 Å². The van der Waals surface area contributed by atoms with Crippen LogP contribution in [0.1, 0.15) is 53.5 Å². The molecule has 0 saturated heterocycles. The lowest BCUT2D eigenvalue weighted by molar-refractivity contribution is -0.140. The summed E-state index contributed by atoms with van der Waals surface area (Å²) in [4.78, 5) is 3.94. The molecule has 10 nitrogen and oxygen atoms in total. The third kappa shape index (κ3) is 22.8. The Morgan fingerprint density at radius 3 is 2.11 bits per heavy atom. The lowest BCUT2D eigenvalue weighted by Crippen LogP contribution is -2.29. The van der Waals surface area contributed by atoms with Crippen LogP contribution < -0.4 is 4.74 Å².